The zero-order valence-corrected chi connectivity index (χ0v) is 18.2. The van der Waals surface area contributed by atoms with Crippen molar-refractivity contribution in [2.24, 2.45) is 16.6 Å². The fourth-order valence-electron chi connectivity index (χ4n) is 2.90. The first-order valence-electron chi connectivity index (χ1n) is 9.28. The zero-order valence-electron chi connectivity index (χ0n) is 17.3. The Kier molecular flexibility index (Phi) is 6.50. The van der Waals surface area contributed by atoms with Crippen LogP contribution in [0, 0.1) is 10.8 Å². The molecule has 0 radical (unpaired) electrons. The van der Waals surface area contributed by atoms with E-state index in [1.807, 2.05) is 0 Å². The molecule has 2 bridgehead atoms. The summed E-state index contributed by atoms with van der Waals surface area (Å²) in [6, 6.07) is -2.05. The Morgan fingerprint density at radius 1 is 1.14 bits per heavy atom. The highest BCUT2D eigenvalue weighted by molar-refractivity contribution is 7.81. The standard InChI is InChI=1S/C17H29N3O8S/c1-16(2,3)14(22)26-9-17(4,5)10-27-29(24,25)28-20-11-6-7-12(13(18)21)19(8-11)15(20)23/h11-12H,6-10H2,1-5H3,(H2,18,21). The summed E-state index contributed by atoms with van der Waals surface area (Å²) in [6.45, 7) is 8.21. The molecule has 0 aromatic carbocycles. The molecule has 166 valence electrons. The van der Waals surface area contributed by atoms with Crippen molar-refractivity contribution in [2.75, 3.05) is 19.8 Å². The van der Waals surface area contributed by atoms with Crippen LogP contribution in [0.3, 0.4) is 0 Å². The second kappa shape index (κ2) is 8.07. The molecule has 0 saturated carbocycles. The number of rotatable bonds is 8. The van der Waals surface area contributed by atoms with Crippen LogP contribution < -0.4 is 5.73 Å². The van der Waals surface area contributed by atoms with E-state index in [0.29, 0.717) is 17.9 Å². The number of piperidine rings is 1. The van der Waals surface area contributed by atoms with E-state index in [0.717, 1.165) is 0 Å². The molecule has 2 aliphatic heterocycles. The molecule has 0 aromatic rings. The van der Waals surface area contributed by atoms with Crippen molar-refractivity contribution in [3.05, 3.63) is 0 Å². The average Bonchev–Trinajstić information content (AvgIpc) is 2.81. The summed E-state index contributed by atoms with van der Waals surface area (Å²) in [5.74, 6) is -1.07. The molecule has 0 spiro atoms. The van der Waals surface area contributed by atoms with E-state index in [9.17, 15) is 22.8 Å². The predicted molar refractivity (Wildman–Crippen MR) is 100 cm³/mol. The van der Waals surface area contributed by atoms with Gasteiger partial charge in [0.25, 0.3) is 0 Å². The molecule has 2 heterocycles. The number of amides is 3. The Bertz CT molecular complexity index is 774. The third kappa shape index (κ3) is 5.80. The summed E-state index contributed by atoms with van der Waals surface area (Å²) in [7, 11) is -4.55. The molecule has 12 heteroatoms. The summed E-state index contributed by atoms with van der Waals surface area (Å²) in [6.07, 6.45) is 0.707. The molecule has 0 aliphatic carbocycles. The topological polar surface area (TPSA) is 146 Å². The molecule has 29 heavy (non-hydrogen) atoms. The fourth-order valence-corrected chi connectivity index (χ4v) is 3.79. The zero-order chi connectivity index (χ0) is 22.2. The number of urea groups is 1. The number of primary amides is 1. The van der Waals surface area contributed by atoms with Crippen molar-refractivity contribution in [1.29, 1.82) is 0 Å². The first kappa shape index (κ1) is 23.4. The van der Waals surface area contributed by atoms with Crippen LogP contribution in [-0.4, -0.2) is 68.1 Å². The van der Waals surface area contributed by atoms with Crippen LogP contribution >= 0.6 is 0 Å². The van der Waals surface area contributed by atoms with Crippen LogP contribution in [-0.2, 0) is 33.2 Å². The van der Waals surface area contributed by atoms with Gasteiger partial charge in [-0.15, -0.1) is 4.28 Å². The summed E-state index contributed by atoms with van der Waals surface area (Å²) in [5.41, 5.74) is 3.79. The van der Waals surface area contributed by atoms with E-state index in [1.165, 1.54) is 4.90 Å². The predicted octanol–water partition coefficient (Wildman–Crippen LogP) is 0.549. The first-order chi connectivity index (χ1) is 13.1. The number of hydroxylamine groups is 2. The van der Waals surface area contributed by atoms with Crippen molar-refractivity contribution in [3.63, 3.8) is 0 Å². The number of esters is 1. The molecule has 11 nitrogen and oxygen atoms in total. The van der Waals surface area contributed by atoms with Gasteiger partial charge < -0.3 is 15.4 Å². The average molecular weight is 435 g/mol. The second-order valence-electron chi connectivity index (χ2n) is 9.15. The van der Waals surface area contributed by atoms with Crippen LogP contribution in [0.5, 0.6) is 0 Å². The minimum Gasteiger partial charge on any atom is -0.465 e. The Labute approximate surface area is 170 Å². The molecule has 3 amide bonds. The summed E-state index contributed by atoms with van der Waals surface area (Å²) < 4.78 is 39.4. The van der Waals surface area contributed by atoms with Gasteiger partial charge in [-0.2, -0.15) is 13.5 Å². The van der Waals surface area contributed by atoms with Gasteiger partial charge in [-0.1, -0.05) is 13.8 Å². The Morgan fingerprint density at radius 2 is 1.76 bits per heavy atom. The minimum atomic E-state index is -4.55. The lowest BCUT2D eigenvalue weighted by Gasteiger charge is -2.27. The summed E-state index contributed by atoms with van der Waals surface area (Å²) >= 11 is 0. The van der Waals surface area contributed by atoms with Crippen LogP contribution in [0.25, 0.3) is 0 Å². The highest BCUT2D eigenvalue weighted by Gasteiger charge is 2.49. The molecule has 2 fully saturated rings. The van der Waals surface area contributed by atoms with Crippen molar-refractivity contribution in [3.8, 4) is 0 Å². The van der Waals surface area contributed by atoms with Crippen LogP contribution in [0.15, 0.2) is 0 Å². The molecule has 0 aromatic heterocycles. The maximum absolute atomic E-state index is 12.4. The molecule has 2 rings (SSSR count). The molecular formula is C17H29N3O8S. The molecular weight excluding hydrogens is 406 g/mol. The quantitative estimate of drug-likeness (QED) is 0.544. The normalized spacial score (nSPS) is 22.7. The van der Waals surface area contributed by atoms with Gasteiger partial charge in [0, 0.05) is 12.0 Å². The number of nitrogens with zero attached hydrogens (tertiary/aromatic N) is 2. The van der Waals surface area contributed by atoms with E-state index < -0.39 is 51.2 Å². The highest BCUT2D eigenvalue weighted by atomic mass is 32.3. The van der Waals surface area contributed by atoms with Gasteiger partial charge in [-0.3, -0.25) is 9.59 Å². The summed E-state index contributed by atoms with van der Waals surface area (Å²) in [5, 5.41) is 0.713. The third-order valence-corrected chi connectivity index (χ3v) is 5.37. The Hall–Kier alpha value is -1.92. The molecule has 2 aliphatic rings. The van der Waals surface area contributed by atoms with E-state index in [4.69, 9.17) is 18.9 Å². The number of hydrogen-bond donors (Lipinski definition) is 1. The largest absolute Gasteiger partial charge is 0.465 e. The van der Waals surface area contributed by atoms with E-state index in [2.05, 4.69) is 0 Å². The number of ether oxygens (including phenoxy) is 1. The van der Waals surface area contributed by atoms with Crippen molar-refractivity contribution >= 4 is 28.3 Å². The van der Waals surface area contributed by atoms with Crippen LogP contribution in [0.1, 0.15) is 47.5 Å². The van der Waals surface area contributed by atoms with Gasteiger partial charge >= 0.3 is 22.4 Å². The first-order valence-corrected chi connectivity index (χ1v) is 10.6. The van der Waals surface area contributed by atoms with Gasteiger partial charge in [0.05, 0.1) is 24.7 Å². The van der Waals surface area contributed by atoms with E-state index in [1.54, 1.807) is 34.6 Å². The van der Waals surface area contributed by atoms with Crippen molar-refractivity contribution < 1.29 is 36.0 Å². The lowest BCUT2D eigenvalue weighted by Crippen LogP contribution is -2.47. The Morgan fingerprint density at radius 3 is 2.31 bits per heavy atom. The number of hydrogen-bond acceptors (Lipinski definition) is 8. The van der Waals surface area contributed by atoms with Crippen molar-refractivity contribution in [2.45, 2.75) is 59.5 Å². The molecule has 2 saturated heterocycles. The Balaban J connectivity index is 1.92. The third-order valence-electron chi connectivity index (χ3n) is 4.62. The van der Waals surface area contributed by atoms with Gasteiger partial charge in [0.2, 0.25) is 5.91 Å². The number of nitrogens with two attached hydrogens (primary N) is 1. The monoisotopic (exact) mass is 435 g/mol. The van der Waals surface area contributed by atoms with Crippen LogP contribution in [0.2, 0.25) is 0 Å². The van der Waals surface area contributed by atoms with E-state index in [-0.39, 0.29) is 19.8 Å². The van der Waals surface area contributed by atoms with Gasteiger partial charge in [0.15, 0.2) is 0 Å². The molecule has 2 atom stereocenters. The molecule has 2 unspecified atom stereocenters. The highest BCUT2D eigenvalue weighted by Crippen LogP contribution is 2.31. The molecule has 2 N–H and O–H groups in total. The number of carbonyl (C=O) groups excluding carboxylic acids is 3. The summed E-state index contributed by atoms with van der Waals surface area (Å²) in [4.78, 5) is 36.9. The lowest BCUT2D eigenvalue weighted by atomic mass is 9.95. The smallest absolute Gasteiger partial charge is 0.421 e. The van der Waals surface area contributed by atoms with Gasteiger partial charge in [-0.25, -0.2) is 8.98 Å². The lowest BCUT2D eigenvalue weighted by molar-refractivity contribution is -0.156. The number of carbonyl (C=O) groups is 3. The SMILES string of the molecule is CC(C)(COC(=O)C(C)(C)C)COS(=O)(=O)ON1C(=O)N2CC1CCC2C(N)=O. The van der Waals surface area contributed by atoms with Crippen LogP contribution in [0.4, 0.5) is 4.79 Å². The second-order valence-corrected chi connectivity index (χ2v) is 10.3. The van der Waals surface area contributed by atoms with Gasteiger partial charge in [0.1, 0.15) is 6.04 Å². The van der Waals surface area contributed by atoms with E-state index >= 15 is 0 Å². The number of fused-ring (bicyclic) bond motifs is 2. The minimum absolute atomic E-state index is 0.0576. The maximum atomic E-state index is 12.4. The fraction of sp³-hybridized carbons (Fsp3) is 0.824. The van der Waals surface area contributed by atoms with Gasteiger partial charge in [-0.05, 0) is 33.6 Å². The maximum Gasteiger partial charge on any atom is 0.421 e. The van der Waals surface area contributed by atoms with Crippen molar-refractivity contribution in [1.82, 2.24) is 9.96 Å².